The topological polar surface area (TPSA) is 55.8 Å². The molecule has 1 rings (SSSR count). The molecular formula is C20H39NO4Si. The molecule has 0 radical (unpaired) electrons. The normalized spacial score (nSPS) is 18.6. The third-order valence-corrected chi connectivity index (χ3v) is 10.5. The van der Waals surface area contributed by atoms with Gasteiger partial charge in [-0.1, -0.05) is 20.8 Å². The number of amides is 1. The van der Waals surface area contributed by atoms with E-state index in [4.69, 9.17) is 9.16 Å². The number of piperidine rings is 1. The molecule has 0 saturated carbocycles. The van der Waals surface area contributed by atoms with Crippen LogP contribution < -0.4 is 0 Å². The zero-order chi connectivity index (χ0) is 20.4. The Kier molecular flexibility index (Phi) is 7.13. The molecule has 152 valence electrons. The Hall–Kier alpha value is -0.883. The van der Waals surface area contributed by atoms with Gasteiger partial charge >= 0.3 is 6.09 Å². The number of carbonyl (C=O) groups is 2. The number of rotatable bonds is 5. The first-order valence-corrected chi connectivity index (χ1v) is 12.6. The quantitative estimate of drug-likeness (QED) is 0.625. The summed E-state index contributed by atoms with van der Waals surface area (Å²) in [7, 11) is -1.81. The van der Waals surface area contributed by atoms with Gasteiger partial charge in [0.25, 0.3) is 0 Å². The lowest BCUT2D eigenvalue weighted by Gasteiger charge is -2.42. The first-order valence-electron chi connectivity index (χ1n) is 9.73. The van der Waals surface area contributed by atoms with Crippen LogP contribution in [0.3, 0.4) is 0 Å². The fraction of sp³-hybridized carbons (Fsp3) is 0.900. The van der Waals surface area contributed by atoms with E-state index in [1.165, 1.54) is 0 Å². The van der Waals surface area contributed by atoms with Gasteiger partial charge in [-0.15, -0.1) is 0 Å². The van der Waals surface area contributed by atoms with Gasteiger partial charge in [0, 0.05) is 25.1 Å². The lowest BCUT2D eigenvalue weighted by molar-refractivity contribution is -0.130. The highest BCUT2D eigenvalue weighted by atomic mass is 28.4. The van der Waals surface area contributed by atoms with Crippen LogP contribution in [0.2, 0.25) is 18.1 Å². The highest BCUT2D eigenvalue weighted by Crippen LogP contribution is 2.39. The van der Waals surface area contributed by atoms with E-state index in [9.17, 15) is 9.59 Å². The summed E-state index contributed by atoms with van der Waals surface area (Å²) in [6.45, 7) is 20.2. The molecule has 1 fully saturated rings. The summed E-state index contributed by atoms with van der Waals surface area (Å²) >= 11 is 0. The van der Waals surface area contributed by atoms with Crippen LogP contribution in [-0.2, 0) is 14.0 Å². The number of Topliss-reactive ketones (excluding diaryl/α,β-unsaturated/α-hetero) is 1. The molecule has 0 unspecified atom stereocenters. The van der Waals surface area contributed by atoms with Crippen molar-refractivity contribution < 1.29 is 18.8 Å². The van der Waals surface area contributed by atoms with E-state index < -0.39 is 13.9 Å². The summed E-state index contributed by atoms with van der Waals surface area (Å²) < 4.78 is 11.7. The van der Waals surface area contributed by atoms with Crippen LogP contribution in [0, 0.1) is 5.41 Å². The van der Waals surface area contributed by atoms with Crippen LogP contribution in [0.1, 0.15) is 67.7 Å². The van der Waals surface area contributed by atoms with Crippen LogP contribution in [0.25, 0.3) is 0 Å². The first kappa shape index (κ1) is 23.2. The van der Waals surface area contributed by atoms with Crippen molar-refractivity contribution in [3.63, 3.8) is 0 Å². The first-order chi connectivity index (χ1) is 11.6. The molecule has 0 atom stereocenters. The third kappa shape index (κ3) is 6.08. The zero-order valence-corrected chi connectivity index (χ0v) is 19.3. The van der Waals surface area contributed by atoms with Gasteiger partial charge in [0.2, 0.25) is 0 Å². The molecule has 1 saturated heterocycles. The van der Waals surface area contributed by atoms with Crippen molar-refractivity contribution in [1.82, 2.24) is 4.90 Å². The maximum atomic E-state index is 12.4. The summed E-state index contributed by atoms with van der Waals surface area (Å²) in [4.78, 5) is 26.4. The summed E-state index contributed by atoms with van der Waals surface area (Å²) in [5, 5.41) is 0.163. The van der Waals surface area contributed by atoms with Gasteiger partial charge in [0.05, 0.1) is 0 Å². The van der Waals surface area contributed by atoms with Gasteiger partial charge in [-0.2, -0.15) is 0 Å². The molecule has 0 aromatic rings. The molecule has 0 bridgehead atoms. The van der Waals surface area contributed by atoms with E-state index >= 15 is 0 Å². The Morgan fingerprint density at radius 2 is 1.54 bits per heavy atom. The van der Waals surface area contributed by atoms with E-state index in [0.717, 1.165) is 6.42 Å². The highest BCUT2D eigenvalue weighted by molar-refractivity contribution is 6.74. The van der Waals surface area contributed by atoms with Crippen LogP contribution in [0.5, 0.6) is 0 Å². The smallest absolute Gasteiger partial charge is 0.410 e. The average Bonchev–Trinajstić information content (AvgIpc) is 2.44. The van der Waals surface area contributed by atoms with Gasteiger partial charge in [0.15, 0.2) is 8.32 Å². The SMILES string of the molecule is CC(=O)C1(CCO[Si](C)(C)C(C)(C)C)CCN(C(=O)OC(C)(C)C)CC1. The number of hydrogen-bond acceptors (Lipinski definition) is 4. The molecule has 5 nitrogen and oxygen atoms in total. The zero-order valence-electron chi connectivity index (χ0n) is 18.3. The van der Waals surface area contributed by atoms with Crippen molar-refractivity contribution in [3.05, 3.63) is 0 Å². The monoisotopic (exact) mass is 385 g/mol. The van der Waals surface area contributed by atoms with Gasteiger partial charge in [-0.3, -0.25) is 4.79 Å². The van der Waals surface area contributed by atoms with Crippen LogP contribution in [-0.4, -0.2) is 50.4 Å². The van der Waals surface area contributed by atoms with Crippen molar-refractivity contribution in [2.45, 2.75) is 91.5 Å². The molecule has 26 heavy (non-hydrogen) atoms. The van der Waals surface area contributed by atoms with E-state index in [-0.39, 0.29) is 22.3 Å². The lowest BCUT2D eigenvalue weighted by atomic mass is 9.73. The fourth-order valence-electron chi connectivity index (χ4n) is 2.94. The van der Waals surface area contributed by atoms with Crippen LogP contribution in [0.15, 0.2) is 0 Å². The molecule has 1 amide bonds. The second kappa shape index (κ2) is 8.01. The molecular weight excluding hydrogens is 346 g/mol. The molecule has 1 heterocycles. The number of carbonyl (C=O) groups excluding carboxylic acids is 2. The van der Waals surface area contributed by atoms with Crippen molar-refractivity contribution in [3.8, 4) is 0 Å². The second-order valence-corrected chi connectivity index (χ2v) is 15.0. The van der Waals surface area contributed by atoms with Crippen molar-refractivity contribution in [2.24, 2.45) is 5.41 Å². The highest BCUT2D eigenvalue weighted by Gasteiger charge is 2.42. The predicted octanol–water partition coefficient (Wildman–Crippen LogP) is 5.00. The minimum absolute atomic E-state index is 0.163. The number of hydrogen-bond donors (Lipinski definition) is 0. The van der Waals surface area contributed by atoms with E-state index in [2.05, 4.69) is 33.9 Å². The molecule has 1 aliphatic heterocycles. The average molecular weight is 386 g/mol. The van der Waals surface area contributed by atoms with Crippen LogP contribution >= 0.6 is 0 Å². The molecule has 0 aromatic carbocycles. The summed E-state index contributed by atoms with van der Waals surface area (Å²) in [5.74, 6) is 0.208. The Morgan fingerprint density at radius 1 is 1.04 bits per heavy atom. The summed E-state index contributed by atoms with van der Waals surface area (Å²) in [6, 6.07) is 0. The maximum Gasteiger partial charge on any atom is 0.410 e. The third-order valence-electron chi connectivity index (χ3n) is 5.97. The molecule has 0 spiro atoms. The predicted molar refractivity (Wildman–Crippen MR) is 108 cm³/mol. The number of nitrogens with zero attached hydrogens (tertiary/aromatic N) is 1. The molecule has 6 heteroatoms. The number of ether oxygens (including phenoxy) is 1. The minimum atomic E-state index is -1.81. The van der Waals surface area contributed by atoms with Gasteiger partial charge in [-0.25, -0.2) is 4.79 Å². The van der Waals surface area contributed by atoms with Crippen molar-refractivity contribution in [2.75, 3.05) is 19.7 Å². The van der Waals surface area contributed by atoms with Crippen molar-refractivity contribution in [1.29, 1.82) is 0 Å². The summed E-state index contributed by atoms with van der Waals surface area (Å²) in [6.07, 6.45) is 1.81. The fourth-order valence-corrected chi connectivity index (χ4v) is 3.99. The lowest BCUT2D eigenvalue weighted by Crippen LogP contribution is -2.48. The van der Waals surface area contributed by atoms with Crippen molar-refractivity contribution >= 4 is 20.2 Å². The maximum absolute atomic E-state index is 12.4. The largest absolute Gasteiger partial charge is 0.444 e. The Balaban J connectivity index is 2.66. The Morgan fingerprint density at radius 3 is 1.92 bits per heavy atom. The number of ketones is 1. The molecule has 0 aliphatic carbocycles. The molecule has 1 aliphatic rings. The number of likely N-dealkylation sites (tertiary alicyclic amines) is 1. The molecule has 0 N–H and O–H groups in total. The summed E-state index contributed by atoms with van der Waals surface area (Å²) in [5.41, 5.74) is -0.871. The van der Waals surface area contributed by atoms with E-state index in [1.54, 1.807) is 11.8 Å². The van der Waals surface area contributed by atoms with Gasteiger partial charge in [-0.05, 0) is 65.1 Å². The standard InChI is InChI=1S/C20H39NO4Si/c1-16(22)20(12-15-24-26(8,9)19(5,6)7)10-13-21(14-11-20)17(23)25-18(2,3)4/h10-15H2,1-9H3. The Labute approximate surface area is 160 Å². The van der Waals surface area contributed by atoms with Gasteiger partial charge < -0.3 is 14.1 Å². The van der Waals surface area contributed by atoms with E-state index in [0.29, 0.717) is 32.5 Å². The molecule has 0 aromatic heterocycles. The van der Waals surface area contributed by atoms with E-state index in [1.807, 2.05) is 20.8 Å². The minimum Gasteiger partial charge on any atom is -0.444 e. The Bertz CT molecular complexity index is 509. The van der Waals surface area contributed by atoms with Crippen LogP contribution in [0.4, 0.5) is 4.79 Å². The second-order valence-electron chi connectivity index (χ2n) is 10.2. The van der Waals surface area contributed by atoms with Gasteiger partial charge in [0.1, 0.15) is 11.4 Å².